The number of aromatic nitrogens is 4. The Morgan fingerprint density at radius 1 is 0.242 bits per heavy atom. The van der Waals surface area contributed by atoms with Gasteiger partial charge in [-0.15, -0.1) is 21.9 Å². The molecule has 27 heteroatoms. The van der Waals surface area contributed by atoms with Crippen LogP contribution in [0.2, 0.25) is 0 Å². The minimum Gasteiger partial charge on any atom is -1.00 e. The van der Waals surface area contributed by atoms with Crippen molar-refractivity contribution in [3.05, 3.63) is 333 Å². The minimum atomic E-state index is -7.22. The molecule has 11 aromatic rings. The van der Waals surface area contributed by atoms with Gasteiger partial charge in [0.1, 0.15) is 52.7 Å². The van der Waals surface area contributed by atoms with Gasteiger partial charge in [0.15, 0.2) is 69.8 Å². The second-order valence-electron chi connectivity index (χ2n) is 19.0. The van der Waals surface area contributed by atoms with E-state index in [0.717, 1.165) is 44.8 Å². The van der Waals surface area contributed by atoms with Gasteiger partial charge in [-0.05, 0) is 72.8 Å². The molecular weight excluding hydrogens is 1350 g/mol. The van der Waals surface area contributed by atoms with Crippen molar-refractivity contribution in [1.29, 1.82) is 0 Å². The predicted molar refractivity (Wildman–Crippen MR) is 309 cm³/mol. The van der Waals surface area contributed by atoms with E-state index in [2.05, 4.69) is 74.5 Å². The zero-order chi connectivity index (χ0) is 67.3. The van der Waals surface area contributed by atoms with Gasteiger partial charge in [0, 0.05) is 22.1 Å². The number of nitrogens with zero attached hydrogens (tertiary/aromatic N) is 2. The normalized spacial score (nSPS) is 10.9. The van der Waals surface area contributed by atoms with E-state index in [-0.39, 0.29) is 29.5 Å². The monoisotopic (exact) mass is 1390 g/mol. The Morgan fingerprint density at radius 2 is 0.421 bits per heavy atom. The Labute approximate surface area is 542 Å². The minimum absolute atomic E-state index is 0. The molecule has 2 aliphatic heterocycles. The molecule has 487 valence electrons. The van der Waals surface area contributed by atoms with Crippen LogP contribution < -0.4 is 34.3 Å². The van der Waals surface area contributed by atoms with Gasteiger partial charge >= 0.3 is 17.1 Å². The molecule has 2 aliphatic rings. The molecule has 0 atom stereocenters. The van der Waals surface area contributed by atoms with Crippen LogP contribution in [0.4, 0.5) is 87.8 Å². The summed E-state index contributed by atoms with van der Waals surface area (Å²) in [6.07, 6.45) is 0.830. The van der Waals surface area contributed by atoms with Crippen molar-refractivity contribution >= 4 is 74.4 Å². The fourth-order valence-corrected chi connectivity index (χ4v) is 9.19. The van der Waals surface area contributed by atoms with Crippen LogP contribution in [0.3, 0.4) is 0 Å². The van der Waals surface area contributed by atoms with Crippen LogP contribution in [0.25, 0.3) is 46.4 Å². The van der Waals surface area contributed by atoms with Gasteiger partial charge in [0.05, 0.1) is 22.8 Å². The molecule has 8 bridgehead atoms. The van der Waals surface area contributed by atoms with E-state index in [1.165, 1.54) is 0 Å². The van der Waals surface area contributed by atoms with Crippen LogP contribution in [0.15, 0.2) is 170 Å². The van der Waals surface area contributed by atoms with E-state index in [1.54, 1.807) is 0 Å². The topological polar surface area (TPSA) is 57.4 Å². The van der Waals surface area contributed by atoms with E-state index < -0.39 is 144 Å². The Bertz CT molecular complexity index is 4000. The SMILES string of the molecule is C1=Cc2cc3ccc(cc4ccc(cc5nc(cc1n2)C=C5)[nH]4)[nH]3.Fc1c(F)c(F)c([B-](c2c(F)c(F)c(F)c(F)c2F)(c2c(F)c(F)c(F)c(F)c2F)c2c(F)c(F)c(F)c(F)c2F)c(F)c1F.[Cl-].[Fe+3].[c-]1ccccc1.[c-]1ccccc1.[c-]1ccccc1.[c-]1ccccc1. The Kier molecular flexibility index (Phi) is 25.7. The predicted octanol–water partition coefficient (Wildman–Crippen LogP) is 13.5. The van der Waals surface area contributed by atoms with Gasteiger partial charge in [-0.3, -0.25) is 0 Å². The number of hydrogen-bond donors (Lipinski definition) is 2. The molecule has 5 heterocycles. The summed E-state index contributed by atoms with van der Waals surface area (Å²) in [4.78, 5) is 16.0. The first-order valence-corrected chi connectivity index (χ1v) is 26.4. The van der Waals surface area contributed by atoms with E-state index in [4.69, 9.17) is 0 Å². The van der Waals surface area contributed by atoms with Gasteiger partial charge in [-0.1, -0.05) is 0 Å². The first kappa shape index (κ1) is 73.9. The van der Waals surface area contributed by atoms with Gasteiger partial charge < -0.3 is 22.4 Å². The summed E-state index contributed by atoms with van der Waals surface area (Å²) in [7, 11) is 0. The molecule has 8 aromatic carbocycles. The summed E-state index contributed by atoms with van der Waals surface area (Å²) >= 11 is 0. The van der Waals surface area contributed by atoms with Gasteiger partial charge in [0.2, 0.25) is 0 Å². The fourth-order valence-electron chi connectivity index (χ4n) is 9.19. The summed E-state index contributed by atoms with van der Waals surface area (Å²) in [6.45, 7) is 0. The fraction of sp³-hybridized carbons (Fsp3) is 0. The zero-order valence-corrected chi connectivity index (χ0v) is 49.1. The van der Waals surface area contributed by atoms with E-state index in [1.807, 2.05) is 164 Å². The van der Waals surface area contributed by atoms with E-state index in [0.29, 0.717) is 0 Å². The molecule has 0 saturated heterocycles. The molecule has 4 nitrogen and oxygen atoms in total. The van der Waals surface area contributed by atoms with Gasteiger partial charge in [-0.2, -0.15) is 146 Å². The van der Waals surface area contributed by atoms with Crippen LogP contribution in [0, 0.1) is 141 Å². The standard InChI is InChI=1S/C24BF20.C20H14N4.4C6H5.ClH.Fe/c26-5-1(6(27)14(35)21(42)13(5)34)25(2-7(28)15(36)22(43)16(37)8(2)29,3-9(30)17(38)23(44)18(39)10(3)31)4-11(32)19(40)24(45)20(41)12(4)33;1-2-14-10-16-5-6-18(23-16)12-20-8-7-19(24-20)11-17-4-3-15(22-17)9-13(1)21-14;4*1-2-4-6-5-3-1;;/h;1-12,21-22H;4*1-5H;1H;/q-1;;4*-1;;+3/p-1. The average molecular weight is 1390 g/mol. The number of rotatable bonds is 4. The first-order valence-electron chi connectivity index (χ1n) is 26.4. The van der Waals surface area contributed by atoms with Crippen molar-refractivity contribution in [1.82, 2.24) is 19.9 Å². The summed E-state index contributed by atoms with van der Waals surface area (Å²) in [5.41, 5.74) is -6.47. The number of hydrogen-bond acceptors (Lipinski definition) is 2. The Morgan fingerprint density at radius 3 is 0.600 bits per heavy atom. The summed E-state index contributed by atoms with van der Waals surface area (Å²) in [6, 6.07) is 66.4. The maximum absolute atomic E-state index is 15.4. The van der Waals surface area contributed by atoms with Crippen LogP contribution in [0.1, 0.15) is 22.8 Å². The molecule has 0 amide bonds. The molecule has 2 N–H and O–H groups in total. The molecule has 95 heavy (non-hydrogen) atoms. The quantitative estimate of drug-likeness (QED) is 0.0607. The van der Waals surface area contributed by atoms with Gasteiger partial charge in [-0.25, -0.2) is 97.8 Å². The van der Waals surface area contributed by atoms with Crippen LogP contribution >= 0.6 is 0 Å². The molecule has 13 rings (SSSR count). The van der Waals surface area contributed by atoms with Crippen molar-refractivity contribution in [2.45, 2.75) is 0 Å². The van der Waals surface area contributed by atoms with Gasteiger partial charge in [0.25, 0.3) is 0 Å². The molecule has 0 fully saturated rings. The number of halogens is 21. The van der Waals surface area contributed by atoms with Crippen molar-refractivity contribution in [3.63, 3.8) is 0 Å². The maximum Gasteiger partial charge on any atom is 3.00 e. The van der Waals surface area contributed by atoms with Crippen molar-refractivity contribution in [2.24, 2.45) is 0 Å². The number of aromatic amines is 2. The average Bonchev–Trinajstić information content (AvgIpc) is 1.02. The third-order valence-electron chi connectivity index (χ3n) is 13.2. The molecule has 1 radical (unpaired) electrons. The maximum atomic E-state index is 15.4. The third-order valence-corrected chi connectivity index (χ3v) is 13.2. The van der Waals surface area contributed by atoms with Crippen molar-refractivity contribution in [2.75, 3.05) is 0 Å². The second-order valence-corrected chi connectivity index (χ2v) is 19.0. The molecule has 0 unspecified atom stereocenters. The first-order chi connectivity index (χ1) is 44.5. The third kappa shape index (κ3) is 16.3. The number of nitrogens with one attached hydrogen (secondary N) is 2. The zero-order valence-electron chi connectivity index (χ0n) is 47.2. The van der Waals surface area contributed by atoms with E-state index in [9.17, 15) is 52.7 Å². The van der Waals surface area contributed by atoms with E-state index >= 15 is 35.1 Å². The van der Waals surface area contributed by atoms with Crippen molar-refractivity contribution < 1.29 is 117 Å². The van der Waals surface area contributed by atoms with Crippen LogP contribution in [-0.2, 0) is 17.1 Å². The molecular formula is C68H34BClF20FeN4-3. The molecule has 0 aliphatic carbocycles. The molecule has 3 aromatic heterocycles. The number of fused-ring (bicyclic) bond motifs is 8. The Hall–Kier alpha value is -10.2. The summed E-state index contributed by atoms with van der Waals surface area (Å²) < 4.78 is 294. The summed E-state index contributed by atoms with van der Waals surface area (Å²) in [5, 5.41) is 0. The second kappa shape index (κ2) is 33.1. The van der Waals surface area contributed by atoms with Crippen LogP contribution in [-0.4, -0.2) is 26.1 Å². The Balaban J connectivity index is 0.000000232. The molecule has 0 spiro atoms. The smallest absolute Gasteiger partial charge is 1.00 e. The van der Waals surface area contributed by atoms with Crippen molar-refractivity contribution in [3.8, 4) is 0 Å². The largest absolute Gasteiger partial charge is 3.00 e. The van der Waals surface area contributed by atoms with Crippen LogP contribution in [0.5, 0.6) is 0 Å². The number of H-pyrrole nitrogens is 2. The molecule has 0 saturated carbocycles. The number of benzene rings is 8. The summed E-state index contributed by atoms with van der Waals surface area (Å²) in [5.74, 6) is -71.4.